The number of amides is 2. The molecule has 1 aliphatic heterocycles. The van der Waals surface area contributed by atoms with E-state index in [-0.39, 0.29) is 12.1 Å². The molecule has 1 fully saturated rings. The predicted octanol–water partition coefficient (Wildman–Crippen LogP) is 3.63. The zero-order valence-corrected chi connectivity index (χ0v) is 13.7. The van der Waals surface area contributed by atoms with E-state index in [1.807, 2.05) is 24.1 Å². The summed E-state index contributed by atoms with van der Waals surface area (Å²) in [5, 5.41) is 12.8. The molecule has 0 spiro atoms. The molecule has 2 amide bonds. The highest BCUT2D eigenvalue weighted by molar-refractivity contribution is 7.13. The van der Waals surface area contributed by atoms with Gasteiger partial charge >= 0.3 is 6.03 Å². The van der Waals surface area contributed by atoms with Gasteiger partial charge in [-0.3, -0.25) is 10.4 Å². The second kappa shape index (κ2) is 6.48. The Kier molecular flexibility index (Phi) is 4.42. The van der Waals surface area contributed by atoms with Crippen LogP contribution in [0.25, 0.3) is 0 Å². The highest BCUT2D eigenvalue weighted by atomic mass is 32.1. The fourth-order valence-corrected chi connectivity index (χ4v) is 3.67. The number of nitrogens with zero attached hydrogens (tertiary/aromatic N) is 3. The van der Waals surface area contributed by atoms with E-state index in [9.17, 15) is 4.79 Å². The molecule has 0 saturated carbocycles. The van der Waals surface area contributed by atoms with E-state index in [0.29, 0.717) is 5.13 Å². The summed E-state index contributed by atoms with van der Waals surface area (Å²) in [6.07, 6.45) is 6.01. The number of aromatic nitrogens is 3. The number of aromatic amines is 1. The quantitative estimate of drug-likeness (QED) is 0.887. The molecule has 22 heavy (non-hydrogen) atoms. The van der Waals surface area contributed by atoms with Crippen LogP contribution < -0.4 is 5.32 Å². The number of hydrogen-bond donors (Lipinski definition) is 2. The van der Waals surface area contributed by atoms with Crippen LogP contribution in [0.15, 0.2) is 11.6 Å². The maximum atomic E-state index is 12.7. The Labute approximate surface area is 133 Å². The third-order valence-electron chi connectivity index (χ3n) is 4.18. The van der Waals surface area contributed by atoms with Crippen LogP contribution >= 0.6 is 11.3 Å². The van der Waals surface area contributed by atoms with Crippen LogP contribution in [0.2, 0.25) is 0 Å². The Hall–Kier alpha value is -1.89. The number of carbonyl (C=O) groups is 1. The van der Waals surface area contributed by atoms with Gasteiger partial charge in [-0.05, 0) is 26.7 Å². The molecular weight excluding hydrogens is 298 g/mol. The van der Waals surface area contributed by atoms with Crippen molar-refractivity contribution in [2.45, 2.75) is 45.6 Å². The molecule has 0 aliphatic carbocycles. The van der Waals surface area contributed by atoms with E-state index < -0.39 is 0 Å². The minimum absolute atomic E-state index is 0.0677. The number of hydrogen-bond acceptors (Lipinski definition) is 4. The molecule has 0 unspecified atom stereocenters. The number of thiazole rings is 1. The van der Waals surface area contributed by atoms with Gasteiger partial charge in [0.05, 0.1) is 11.7 Å². The van der Waals surface area contributed by atoms with Crippen molar-refractivity contribution in [1.29, 1.82) is 0 Å². The van der Waals surface area contributed by atoms with Gasteiger partial charge in [0, 0.05) is 29.4 Å². The maximum absolute atomic E-state index is 12.7. The second-order valence-corrected chi connectivity index (χ2v) is 6.57. The average molecular weight is 319 g/mol. The summed E-state index contributed by atoms with van der Waals surface area (Å²) in [6.45, 7) is 4.80. The molecule has 1 aliphatic rings. The number of likely N-dealkylation sites (tertiary alicyclic amines) is 1. The summed E-state index contributed by atoms with van der Waals surface area (Å²) in [5.74, 6) is 0. The maximum Gasteiger partial charge on any atom is 0.324 e. The molecule has 0 bridgehead atoms. The summed E-state index contributed by atoms with van der Waals surface area (Å²) in [4.78, 5) is 18.8. The van der Waals surface area contributed by atoms with Crippen molar-refractivity contribution < 1.29 is 4.79 Å². The molecule has 118 valence electrons. The summed E-state index contributed by atoms with van der Waals surface area (Å²) in [5.41, 5.74) is 3.20. The van der Waals surface area contributed by atoms with Crippen molar-refractivity contribution in [3.63, 3.8) is 0 Å². The van der Waals surface area contributed by atoms with Crippen LogP contribution in [-0.2, 0) is 0 Å². The first-order valence-corrected chi connectivity index (χ1v) is 8.53. The molecule has 3 heterocycles. The molecule has 6 nitrogen and oxygen atoms in total. The van der Waals surface area contributed by atoms with Crippen LogP contribution in [0.3, 0.4) is 0 Å². The van der Waals surface area contributed by atoms with E-state index >= 15 is 0 Å². The van der Waals surface area contributed by atoms with Crippen molar-refractivity contribution in [2.24, 2.45) is 0 Å². The van der Waals surface area contributed by atoms with Crippen LogP contribution in [0.1, 0.15) is 48.7 Å². The first kappa shape index (κ1) is 15.0. The zero-order valence-electron chi connectivity index (χ0n) is 12.9. The Morgan fingerprint density at radius 1 is 1.41 bits per heavy atom. The standard InChI is InChI=1S/C15H21N5OS/c1-10-13(11(2)19-18-10)12-6-4-3-5-8-20(12)15(21)17-14-16-7-9-22-14/h7,9,12H,3-6,8H2,1-2H3,(H,18,19)(H,16,17,21)/t12-/m1/s1. The van der Waals surface area contributed by atoms with E-state index in [1.165, 1.54) is 11.3 Å². The number of anilines is 1. The van der Waals surface area contributed by atoms with Crippen molar-refractivity contribution in [2.75, 3.05) is 11.9 Å². The van der Waals surface area contributed by atoms with Gasteiger partial charge in [0.15, 0.2) is 5.13 Å². The third kappa shape index (κ3) is 2.99. The minimum Gasteiger partial charge on any atom is -0.317 e. The monoisotopic (exact) mass is 319 g/mol. The van der Waals surface area contributed by atoms with E-state index in [2.05, 4.69) is 20.5 Å². The lowest BCUT2D eigenvalue weighted by Crippen LogP contribution is -2.38. The molecule has 3 rings (SSSR count). The Morgan fingerprint density at radius 2 is 2.27 bits per heavy atom. The molecule has 2 N–H and O–H groups in total. The van der Waals surface area contributed by atoms with Gasteiger partial charge in [-0.1, -0.05) is 12.8 Å². The van der Waals surface area contributed by atoms with Crippen LogP contribution in [0.4, 0.5) is 9.93 Å². The molecule has 1 saturated heterocycles. The van der Waals surface area contributed by atoms with Crippen molar-refractivity contribution in [3.8, 4) is 0 Å². The van der Waals surface area contributed by atoms with E-state index in [0.717, 1.165) is 49.2 Å². The normalized spacial score (nSPS) is 19.0. The summed E-state index contributed by atoms with van der Waals surface area (Å²) in [7, 11) is 0. The molecule has 0 radical (unpaired) electrons. The fourth-order valence-electron chi connectivity index (χ4n) is 3.15. The first-order chi connectivity index (χ1) is 10.7. The van der Waals surface area contributed by atoms with Crippen LogP contribution in [0, 0.1) is 13.8 Å². The van der Waals surface area contributed by atoms with Crippen LogP contribution in [-0.4, -0.2) is 32.7 Å². The Bertz CT molecular complexity index is 617. The van der Waals surface area contributed by atoms with Gasteiger partial charge in [-0.15, -0.1) is 11.3 Å². The van der Waals surface area contributed by atoms with Crippen LogP contribution in [0.5, 0.6) is 0 Å². The fraction of sp³-hybridized carbons (Fsp3) is 0.533. The third-order valence-corrected chi connectivity index (χ3v) is 4.87. The zero-order chi connectivity index (χ0) is 15.5. The Balaban J connectivity index is 1.86. The number of urea groups is 1. The van der Waals surface area contributed by atoms with Gasteiger partial charge in [-0.2, -0.15) is 5.10 Å². The molecule has 0 aromatic carbocycles. The molecule has 1 atom stereocenters. The van der Waals surface area contributed by atoms with Gasteiger partial charge in [0.2, 0.25) is 0 Å². The van der Waals surface area contributed by atoms with Gasteiger partial charge in [0.1, 0.15) is 0 Å². The minimum atomic E-state index is -0.0677. The number of H-pyrrole nitrogens is 1. The molecule has 2 aromatic rings. The topological polar surface area (TPSA) is 73.9 Å². The lowest BCUT2D eigenvalue weighted by atomic mass is 9.99. The highest BCUT2D eigenvalue weighted by Crippen LogP contribution is 2.33. The first-order valence-electron chi connectivity index (χ1n) is 7.65. The van der Waals surface area contributed by atoms with E-state index in [4.69, 9.17) is 0 Å². The van der Waals surface area contributed by atoms with Crippen molar-refractivity contribution in [3.05, 3.63) is 28.5 Å². The van der Waals surface area contributed by atoms with E-state index in [1.54, 1.807) is 6.20 Å². The highest BCUT2D eigenvalue weighted by Gasteiger charge is 2.30. The summed E-state index contributed by atoms with van der Waals surface area (Å²) >= 11 is 1.44. The van der Waals surface area contributed by atoms with Crippen molar-refractivity contribution >= 4 is 22.5 Å². The van der Waals surface area contributed by atoms with Crippen molar-refractivity contribution in [1.82, 2.24) is 20.1 Å². The number of carbonyl (C=O) groups excluding carboxylic acids is 1. The second-order valence-electron chi connectivity index (χ2n) is 5.67. The lowest BCUT2D eigenvalue weighted by molar-refractivity contribution is 0.189. The van der Waals surface area contributed by atoms with Gasteiger partial charge in [0.25, 0.3) is 0 Å². The molecular formula is C15H21N5OS. The predicted molar refractivity (Wildman–Crippen MR) is 87.1 cm³/mol. The largest absolute Gasteiger partial charge is 0.324 e. The Morgan fingerprint density at radius 3 is 2.95 bits per heavy atom. The molecule has 2 aromatic heterocycles. The smallest absolute Gasteiger partial charge is 0.317 e. The average Bonchev–Trinajstić information content (AvgIpc) is 3.03. The summed E-state index contributed by atoms with van der Waals surface area (Å²) < 4.78 is 0. The van der Waals surface area contributed by atoms with Gasteiger partial charge < -0.3 is 4.90 Å². The van der Waals surface area contributed by atoms with Gasteiger partial charge in [-0.25, -0.2) is 9.78 Å². The number of nitrogens with one attached hydrogen (secondary N) is 2. The number of aryl methyl sites for hydroxylation is 2. The molecule has 7 heteroatoms. The SMILES string of the molecule is Cc1n[nH]c(C)c1[C@H]1CCCCCN1C(=O)Nc1nccs1. The number of rotatable bonds is 2. The lowest BCUT2D eigenvalue weighted by Gasteiger charge is -2.30. The summed E-state index contributed by atoms with van der Waals surface area (Å²) in [6, 6.07) is 0.0167.